The van der Waals surface area contributed by atoms with Gasteiger partial charge in [-0.25, -0.2) is 0 Å². The van der Waals surface area contributed by atoms with Gasteiger partial charge >= 0.3 is 0 Å². The average molecular weight is 253 g/mol. The summed E-state index contributed by atoms with van der Waals surface area (Å²) >= 11 is 6.12. The van der Waals surface area contributed by atoms with Crippen LogP contribution in [-0.4, -0.2) is 23.9 Å². The lowest BCUT2D eigenvalue weighted by Crippen LogP contribution is -2.38. The molecule has 1 aliphatic heterocycles. The van der Waals surface area contributed by atoms with Gasteiger partial charge in [-0.2, -0.15) is 0 Å². The van der Waals surface area contributed by atoms with Gasteiger partial charge in [0.05, 0.1) is 0 Å². The molecule has 92 valence electrons. The highest BCUT2D eigenvalue weighted by Crippen LogP contribution is 2.21. The highest BCUT2D eigenvalue weighted by Gasteiger charge is 2.23. The number of carbonyl (C=O) groups excluding carboxylic acids is 1. The zero-order valence-corrected chi connectivity index (χ0v) is 10.5. The fourth-order valence-electron chi connectivity index (χ4n) is 2.24. The first-order valence-electron chi connectivity index (χ1n) is 5.92. The highest BCUT2D eigenvalue weighted by atomic mass is 35.5. The second-order valence-electron chi connectivity index (χ2n) is 4.54. The molecule has 1 saturated heterocycles. The molecule has 1 aromatic carbocycles. The van der Waals surface area contributed by atoms with Crippen molar-refractivity contribution in [2.45, 2.75) is 19.4 Å². The summed E-state index contributed by atoms with van der Waals surface area (Å²) in [6.07, 6.45) is 1.72. The van der Waals surface area contributed by atoms with E-state index in [1.165, 1.54) is 0 Å². The molecule has 1 amide bonds. The summed E-state index contributed by atoms with van der Waals surface area (Å²) in [5.41, 5.74) is 6.46. The van der Waals surface area contributed by atoms with Crippen molar-refractivity contribution < 1.29 is 4.79 Å². The van der Waals surface area contributed by atoms with Gasteiger partial charge in [0, 0.05) is 17.5 Å². The molecule has 0 aliphatic carbocycles. The lowest BCUT2D eigenvalue weighted by molar-refractivity contribution is -0.123. The maximum absolute atomic E-state index is 11.1. The predicted octanol–water partition coefficient (Wildman–Crippen LogP) is 2.04. The van der Waals surface area contributed by atoms with Crippen LogP contribution < -0.4 is 5.73 Å². The second kappa shape index (κ2) is 5.52. The minimum atomic E-state index is -0.164. The molecule has 1 aliphatic rings. The Bertz CT molecular complexity index is 400. The lowest BCUT2D eigenvalue weighted by atomic mass is 9.96. The van der Waals surface area contributed by atoms with E-state index >= 15 is 0 Å². The Hall–Kier alpha value is -1.06. The van der Waals surface area contributed by atoms with Gasteiger partial charge in [0.25, 0.3) is 0 Å². The molecule has 0 spiro atoms. The Morgan fingerprint density at radius 2 is 2.00 bits per heavy atom. The quantitative estimate of drug-likeness (QED) is 0.895. The van der Waals surface area contributed by atoms with Crippen LogP contribution in [0.4, 0.5) is 0 Å². The lowest BCUT2D eigenvalue weighted by Gasteiger charge is -2.30. The molecule has 0 aromatic heterocycles. The number of likely N-dealkylation sites (tertiary alicyclic amines) is 1. The first kappa shape index (κ1) is 12.4. The smallest absolute Gasteiger partial charge is 0.220 e. The van der Waals surface area contributed by atoms with Gasteiger partial charge in [0.2, 0.25) is 5.91 Å². The number of nitrogens with zero attached hydrogens (tertiary/aromatic N) is 1. The monoisotopic (exact) mass is 252 g/mol. The van der Waals surface area contributed by atoms with Crippen LogP contribution in [0.2, 0.25) is 5.02 Å². The maximum Gasteiger partial charge on any atom is 0.220 e. The Morgan fingerprint density at radius 3 is 2.59 bits per heavy atom. The van der Waals surface area contributed by atoms with Gasteiger partial charge in [-0.1, -0.05) is 29.8 Å². The van der Waals surface area contributed by atoms with Crippen LogP contribution in [0.15, 0.2) is 24.3 Å². The van der Waals surface area contributed by atoms with E-state index in [0.717, 1.165) is 43.1 Å². The number of hydrogen-bond acceptors (Lipinski definition) is 2. The number of benzene rings is 1. The Kier molecular flexibility index (Phi) is 4.02. The molecule has 0 radical (unpaired) electrons. The molecular formula is C13H17ClN2O. The van der Waals surface area contributed by atoms with Gasteiger partial charge in [-0.05, 0) is 37.6 Å². The molecule has 1 aromatic rings. The van der Waals surface area contributed by atoms with Crippen molar-refractivity contribution >= 4 is 17.5 Å². The third-order valence-electron chi connectivity index (χ3n) is 3.34. The summed E-state index contributed by atoms with van der Waals surface area (Å²) in [5.74, 6) is -0.111. The molecule has 0 bridgehead atoms. The van der Waals surface area contributed by atoms with Crippen molar-refractivity contribution in [1.29, 1.82) is 0 Å². The Balaban J connectivity index is 1.90. The number of primary amides is 1. The van der Waals surface area contributed by atoms with Crippen molar-refractivity contribution in [3.05, 3.63) is 34.9 Å². The average Bonchev–Trinajstić information content (AvgIpc) is 2.33. The topological polar surface area (TPSA) is 46.3 Å². The maximum atomic E-state index is 11.1. The van der Waals surface area contributed by atoms with E-state index in [1.54, 1.807) is 0 Å². The second-order valence-corrected chi connectivity index (χ2v) is 4.95. The van der Waals surface area contributed by atoms with Crippen LogP contribution in [0.5, 0.6) is 0 Å². The summed E-state index contributed by atoms with van der Waals surface area (Å²) in [5, 5.41) is 0.810. The fourth-order valence-corrected chi connectivity index (χ4v) is 2.44. The van der Waals surface area contributed by atoms with E-state index < -0.39 is 0 Å². The van der Waals surface area contributed by atoms with E-state index in [9.17, 15) is 4.79 Å². The van der Waals surface area contributed by atoms with Gasteiger partial charge in [0.1, 0.15) is 0 Å². The predicted molar refractivity (Wildman–Crippen MR) is 68.6 cm³/mol. The van der Waals surface area contributed by atoms with Crippen LogP contribution in [0.25, 0.3) is 0 Å². The molecule has 0 saturated carbocycles. The summed E-state index contributed by atoms with van der Waals surface area (Å²) in [6, 6.07) is 7.89. The van der Waals surface area contributed by atoms with E-state index in [2.05, 4.69) is 4.90 Å². The zero-order valence-electron chi connectivity index (χ0n) is 9.73. The van der Waals surface area contributed by atoms with Crippen LogP contribution in [0, 0.1) is 5.92 Å². The fraction of sp³-hybridized carbons (Fsp3) is 0.462. The van der Waals surface area contributed by atoms with E-state index in [4.69, 9.17) is 17.3 Å². The van der Waals surface area contributed by atoms with E-state index in [1.807, 2.05) is 24.3 Å². The first-order chi connectivity index (χ1) is 8.16. The van der Waals surface area contributed by atoms with Crippen LogP contribution in [0.1, 0.15) is 18.4 Å². The van der Waals surface area contributed by atoms with Crippen molar-refractivity contribution in [2.24, 2.45) is 11.7 Å². The summed E-state index contributed by atoms with van der Waals surface area (Å²) < 4.78 is 0. The molecule has 1 heterocycles. The third kappa shape index (κ3) is 3.20. The molecule has 2 N–H and O–H groups in total. The molecule has 3 nitrogen and oxygen atoms in total. The molecule has 17 heavy (non-hydrogen) atoms. The Morgan fingerprint density at radius 1 is 1.35 bits per heavy atom. The van der Waals surface area contributed by atoms with Crippen molar-refractivity contribution in [3.8, 4) is 0 Å². The number of amides is 1. The molecule has 0 atom stereocenters. The zero-order chi connectivity index (χ0) is 12.3. The van der Waals surface area contributed by atoms with E-state index in [0.29, 0.717) is 0 Å². The van der Waals surface area contributed by atoms with Gasteiger partial charge in [-0.15, -0.1) is 0 Å². The van der Waals surface area contributed by atoms with Crippen LogP contribution >= 0.6 is 11.6 Å². The minimum absolute atomic E-state index is 0.0532. The van der Waals surface area contributed by atoms with E-state index in [-0.39, 0.29) is 11.8 Å². The van der Waals surface area contributed by atoms with Crippen LogP contribution in [-0.2, 0) is 11.3 Å². The highest BCUT2D eigenvalue weighted by molar-refractivity contribution is 6.31. The number of rotatable bonds is 3. The molecule has 1 fully saturated rings. The first-order valence-corrected chi connectivity index (χ1v) is 6.29. The van der Waals surface area contributed by atoms with Crippen LogP contribution in [0.3, 0.4) is 0 Å². The number of halogens is 1. The summed E-state index contributed by atoms with van der Waals surface area (Å²) in [6.45, 7) is 2.68. The number of carbonyl (C=O) groups is 1. The largest absolute Gasteiger partial charge is 0.369 e. The molecule has 4 heteroatoms. The molecule has 0 unspecified atom stereocenters. The normalized spacial score (nSPS) is 18.2. The van der Waals surface area contributed by atoms with Gasteiger partial charge in [0.15, 0.2) is 0 Å². The third-order valence-corrected chi connectivity index (χ3v) is 3.71. The number of nitrogens with two attached hydrogens (primary N) is 1. The summed E-state index contributed by atoms with van der Waals surface area (Å²) in [7, 11) is 0. The number of piperidine rings is 1. The molecular weight excluding hydrogens is 236 g/mol. The van der Waals surface area contributed by atoms with Gasteiger partial charge < -0.3 is 5.73 Å². The SMILES string of the molecule is NC(=O)C1CCN(Cc2ccccc2Cl)CC1. The van der Waals surface area contributed by atoms with Crippen molar-refractivity contribution in [1.82, 2.24) is 4.90 Å². The Labute approximate surface area is 107 Å². The van der Waals surface area contributed by atoms with Crippen molar-refractivity contribution in [2.75, 3.05) is 13.1 Å². The molecule has 2 rings (SSSR count). The van der Waals surface area contributed by atoms with Gasteiger partial charge in [-0.3, -0.25) is 9.69 Å². The minimum Gasteiger partial charge on any atom is -0.369 e. The number of hydrogen-bond donors (Lipinski definition) is 1. The standard InChI is InChI=1S/C13H17ClN2O/c14-12-4-2-1-3-11(12)9-16-7-5-10(6-8-16)13(15)17/h1-4,10H,5-9H2,(H2,15,17). The summed E-state index contributed by atoms with van der Waals surface area (Å²) in [4.78, 5) is 13.4. The van der Waals surface area contributed by atoms with Crippen molar-refractivity contribution in [3.63, 3.8) is 0 Å².